The minimum absolute atomic E-state index is 0.0490. The second-order valence-electron chi connectivity index (χ2n) is 7.62. The summed E-state index contributed by atoms with van der Waals surface area (Å²) in [6.45, 7) is 2.47. The molecule has 2 aliphatic rings. The maximum absolute atomic E-state index is 13.3. The molecule has 0 amide bonds. The fraction of sp³-hybridized carbons (Fsp3) is 0.474. The predicted octanol–water partition coefficient (Wildman–Crippen LogP) is 0.594. The van der Waals surface area contributed by atoms with Crippen molar-refractivity contribution in [3.63, 3.8) is 0 Å². The molecule has 1 spiro atoms. The van der Waals surface area contributed by atoms with Gasteiger partial charge in [-0.1, -0.05) is 0 Å². The quantitative estimate of drug-likeness (QED) is 0.650. The number of rotatable bonds is 2. The second-order valence-corrected chi connectivity index (χ2v) is 7.62. The van der Waals surface area contributed by atoms with Gasteiger partial charge in [0.25, 0.3) is 0 Å². The van der Waals surface area contributed by atoms with Crippen molar-refractivity contribution in [2.24, 2.45) is 5.92 Å². The van der Waals surface area contributed by atoms with Crippen molar-refractivity contribution >= 4 is 16.8 Å². The molecule has 1 aromatic heterocycles. The summed E-state index contributed by atoms with van der Waals surface area (Å²) in [5.74, 6) is -1.25. The molecular formula is C19H20O8. The van der Waals surface area contributed by atoms with Crippen molar-refractivity contribution in [3.05, 3.63) is 40.2 Å². The molecule has 1 aromatic carbocycles. The van der Waals surface area contributed by atoms with Gasteiger partial charge < -0.3 is 29.2 Å². The van der Waals surface area contributed by atoms with E-state index in [0.29, 0.717) is 5.39 Å². The summed E-state index contributed by atoms with van der Waals surface area (Å²) in [7, 11) is 0. The molecule has 3 N–H and O–H groups in total. The van der Waals surface area contributed by atoms with Crippen LogP contribution >= 0.6 is 0 Å². The van der Waals surface area contributed by atoms with Gasteiger partial charge in [0.1, 0.15) is 11.3 Å². The van der Waals surface area contributed by atoms with Crippen LogP contribution in [0, 0.1) is 5.92 Å². The first-order valence-electron chi connectivity index (χ1n) is 8.64. The van der Waals surface area contributed by atoms with E-state index in [2.05, 4.69) is 0 Å². The van der Waals surface area contributed by atoms with Crippen LogP contribution in [0.1, 0.15) is 30.6 Å². The van der Waals surface area contributed by atoms with Crippen LogP contribution in [0.4, 0.5) is 0 Å². The lowest BCUT2D eigenvalue weighted by molar-refractivity contribution is -0.271. The standard InChI is InChI=1S/C19H20O8/c1-18(2,24)14-7-19(11(8-20)17(23)26-14)16(22)10-5-9-3-4-15(21)25-12(9)6-13(10)27-19/h3-6,11,14,17,20,23-24H,7-8H2,1-2H3/t11-,14+,17+,19+/m0/s1. The van der Waals surface area contributed by atoms with Crippen molar-refractivity contribution in [1.29, 1.82) is 0 Å². The Balaban J connectivity index is 1.84. The van der Waals surface area contributed by atoms with Gasteiger partial charge in [0.05, 0.1) is 29.8 Å². The number of ketones is 1. The van der Waals surface area contributed by atoms with Crippen LogP contribution in [0.25, 0.3) is 11.0 Å². The van der Waals surface area contributed by atoms with Crippen LogP contribution in [0.5, 0.6) is 5.75 Å². The molecule has 4 rings (SSSR count). The summed E-state index contributed by atoms with van der Waals surface area (Å²) in [5.41, 5.74) is -2.93. The number of hydrogen-bond acceptors (Lipinski definition) is 8. The largest absolute Gasteiger partial charge is 0.477 e. The number of benzene rings is 1. The number of Topliss-reactive ketones (excluding diaryl/α,β-unsaturated/α-hetero) is 1. The van der Waals surface area contributed by atoms with Gasteiger partial charge in [0.2, 0.25) is 5.78 Å². The highest BCUT2D eigenvalue weighted by atomic mass is 16.6. The zero-order chi connectivity index (χ0) is 19.6. The summed E-state index contributed by atoms with van der Waals surface area (Å²) in [6, 6.07) is 5.81. The molecule has 3 heterocycles. The molecule has 0 unspecified atom stereocenters. The highest BCUT2D eigenvalue weighted by molar-refractivity contribution is 6.10. The van der Waals surface area contributed by atoms with Crippen LogP contribution in [-0.2, 0) is 4.74 Å². The highest BCUT2D eigenvalue weighted by Crippen LogP contribution is 2.48. The average Bonchev–Trinajstić information content (AvgIpc) is 2.84. The summed E-state index contributed by atoms with van der Waals surface area (Å²) in [4.78, 5) is 24.7. The first-order valence-corrected chi connectivity index (χ1v) is 8.64. The van der Waals surface area contributed by atoms with Gasteiger partial charge in [0, 0.05) is 23.9 Å². The molecule has 1 fully saturated rings. The lowest BCUT2D eigenvalue weighted by atomic mass is 9.74. The van der Waals surface area contributed by atoms with E-state index < -0.39 is 47.5 Å². The Bertz CT molecular complexity index is 972. The van der Waals surface area contributed by atoms with Crippen LogP contribution in [0.2, 0.25) is 0 Å². The van der Waals surface area contributed by atoms with E-state index in [1.165, 1.54) is 26.0 Å². The molecule has 144 valence electrons. The number of carbonyl (C=O) groups excluding carboxylic acids is 1. The van der Waals surface area contributed by atoms with E-state index in [1.54, 1.807) is 12.1 Å². The molecule has 1 saturated heterocycles. The van der Waals surface area contributed by atoms with Gasteiger partial charge in [-0.25, -0.2) is 4.79 Å². The van der Waals surface area contributed by atoms with Crippen LogP contribution < -0.4 is 10.4 Å². The maximum atomic E-state index is 13.3. The van der Waals surface area contributed by atoms with E-state index in [9.17, 15) is 24.9 Å². The van der Waals surface area contributed by atoms with Gasteiger partial charge in [-0.2, -0.15) is 0 Å². The SMILES string of the molecule is CC(C)(O)[C@H]1C[C@@]2(Oc3cc4oc(=O)ccc4cc3C2=O)[C@@H](CO)[C@H](O)O1. The van der Waals surface area contributed by atoms with Crippen LogP contribution in [0.3, 0.4) is 0 Å². The Labute approximate surface area is 153 Å². The first-order chi connectivity index (χ1) is 12.7. The number of fused-ring (bicyclic) bond motifs is 2. The fourth-order valence-corrected chi connectivity index (χ4v) is 3.83. The van der Waals surface area contributed by atoms with Crippen molar-refractivity contribution < 1.29 is 34.0 Å². The molecule has 2 aliphatic heterocycles. The molecule has 2 aromatic rings. The Morgan fingerprint density at radius 3 is 2.67 bits per heavy atom. The Hall–Kier alpha value is -2.26. The summed E-state index contributed by atoms with van der Waals surface area (Å²) in [6.07, 6.45) is -2.43. The number of carbonyl (C=O) groups is 1. The monoisotopic (exact) mass is 376 g/mol. The predicted molar refractivity (Wildman–Crippen MR) is 92.5 cm³/mol. The zero-order valence-electron chi connectivity index (χ0n) is 14.8. The van der Waals surface area contributed by atoms with Gasteiger partial charge in [-0.3, -0.25) is 4.79 Å². The van der Waals surface area contributed by atoms with Crippen molar-refractivity contribution in [2.45, 2.75) is 43.9 Å². The minimum atomic E-state index is -1.59. The Morgan fingerprint density at radius 1 is 1.26 bits per heavy atom. The second kappa shape index (κ2) is 5.87. The Kier molecular flexibility index (Phi) is 3.94. The van der Waals surface area contributed by atoms with Gasteiger partial charge >= 0.3 is 5.63 Å². The lowest BCUT2D eigenvalue weighted by Crippen LogP contribution is -2.63. The number of aliphatic hydroxyl groups is 3. The first kappa shape index (κ1) is 18.1. The fourth-order valence-electron chi connectivity index (χ4n) is 3.83. The summed E-state index contributed by atoms with van der Waals surface area (Å²) < 4.78 is 16.5. The zero-order valence-corrected chi connectivity index (χ0v) is 14.8. The molecule has 0 bridgehead atoms. The van der Waals surface area contributed by atoms with E-state index in [-0.39, 0.29) is 23.3 Å². The topological polar surface area (TPSA) is 126 Å². The molecule has 4 atom stereocenters. The molecule has 0 aliphatic carbocycles. The molecule has 8 heteroatoms. The number of aliphatic hydroxyl groups excluding tert-OH is 2. The van der Waals surface area contributed by atoms with Gasteiger partial charge in [-0.15, -0.1) is 0 Å². The van der Waals surface area contributed by atoms with E-state index in [4.69, 9.17) is 13.9 Å². The maximum Gasteiger partial charge on any atom is 0.336 e. The van der Waals surface area contributed by atoms with Crippen molar-refractivity contribution in [2.75, 3.05) is 6.61 Å². The minimum Gasteiger partial charge on any atom is -0.477 e. The molecule has 27 heavy (non-hydrogen) atoms. The van der Waals surface area contributed by atoms with Crippen molar-refractivity contribution in [3.8, 4) is 5.75 Å². The van der Waals surface area contributed by atoms with Gasteiger partial charge in [-0.05, 0) is 26.0 Å². The number of ether oxygens (including phenoxy) is 2. The average molecular weight is 376 g/mol. The normalized spacial score (nSPS) is 30.6. The van der Waals surface area contributed by atoms with E-state index in [0.717, 1.165) is 0 Å². The molecule has 0 radical (unpaired) electrons. The number of hydrogen-bond donors (Lipinski definition) is 3. The third kappa shape index (κ3) is 2.68. The smallest absolute Gasteiger partial charge is 0.336 e. The van der Waals surface area contributed by atoms with E-state index in [1.807, 2.05) is 0 Å². The van der Waals surface area contributed by atoms with Gasteiger partial charge in [0.15, 0.2) is 11.9 Å². The molecular weight excluding hydrogens is 356 g/mol. The third-order valence-corrected chi connectivity index (χ3v) is 5.36. The van der Waals surface area contributed by atoms with Crippen LogP contribution in [-0.4, -0.2) is 51.3 Å². The van der Waals surface area contributed by atoms with Crippen molar-refractivity contribution in [1.82, 2.24) is 0 Å². The Morgan fingerprint density at radius 2 is 2.00 bits per heavy atom. The third-order valence-electron chi connectivity index (χ3n) is 5.36. The highest BCUT2D eigenvalue weighted by Gasteiger charge is 2.61. The lowest BCUT2D eigenvalue weighted by Gasteiger charge is -2.47. The molecule has 0 saturated carbocycles. The summed E-state index contributed by atoms with van der Waals surface area (Å²) in [5, 5.41) is 31.1. The molecule has 8 nitrogen and oxygen atoms in total. The summed E-state index contributed by atoms with van der Waals surface area (Å²) >= 11 is 0. The van der Waals surface area contributed by atoms with Crippen LogP contribution in [0.15, 0.2) is 33.5 Å². The van der Waals surface area contributed by atoms with E-state index >= 15 is 0 Å².